The van der Waals surface area contributed by atoms with Crippen LogP contribution in [0.5, 0.6) is 0 Å². The quantitative estimate of drug-likeness (QED) is 0.744. The third-order valence-electron chi connectivity index (χ3n) is 2.49. The lowest BCUT2D eigenvalue weighted by Gasteiger charge is -2.01. The molecular weight excluding hydrogens is 324 g/mol. The third kappa shape index (κ3) is 5.53. The Morgan fingerprint density at radius 3 is 3.09 bits per heavy atom. The van der Waals surface area contributed by atoms with E-state index >= 15 is 0 Å². The molecule has 0 bridgehead atoms. The van der Waals surface area contributed by atoms with Crippen LogP contribution in [0.2, 0.25) is 0 Å². The van der Waals surface area contributed by atoms with Crippen LogP contribution in [-0.4, -0.2) is 29.2 Å². The van der Waals surface area contributed by atoms with Gasteiger partial charge in [-0.2, -0.15) is 0 Å². The highest BCUT2D eigenvalue weighted by Gasteiger charge is 2.10. The first-order valence-corrected chi connectivity index (χ1v) is 8.70. The summed E-state index contributed by atoms with van der Waals surface area (Å²) in [5, 5.41) is 4.94. The molecule has 0 saturated heterocycles. The number of thiazole rings is 1. The zero-order valence-electron chi connectivity index (χ0n) is 12.0. The SMILES string of the molecule is CCOC(=O)Cc1csc(NC(=O)CSCc2ccco2)n1. The van der Waals surface area contributed by atoms with Gasteiger partial charge in [-0.15, -0.1) is 23.1 Å². The lowest BCUT2D eigenvalue weighted by Crippen LogP contribution is -2.14. The smallest absolute Gasteiger partial charge is 0.311 e. The first-order valence-electron chi connectivity index (χ1n) is 6.67. The zero-order valence-corrected chi connectivity index (χ0v) is 13.7. The van der Waals surface area contributed by atoms with Crippen LogP contribution >= 0.6 is 23.1 Å². The van der Waals surface area contributed by atoms with Crippen molar-refractivity contribution in [1.82, 2.24) is 4.98 Å². The predicted octanol–water partition coefficient (Wildman–Crippen LogP) is 2.71. The van der Waals surface area contributed by atoms with Crippen molar-refractivity contribution in [2.75, 3.05) is 17.7 Å². The molecule has 0 aliphatic rings. The number of thioether (sulfide) groups is 1. The molecule has 2 aromatic rings. The van der Waals surface area contributed by atoms with Gasteiger partial charge in [0.2, 0.25) is 5.91 Å². The molecule has 2 heterocycles. The molecule has 1 N–H and O–H groups in total. The van der Waals surface area contributed by atoms with Gasteiger partial charge in [0.05, 0.1) is 36.5 Å². The molecule has 22 heavy (non-hydrogen) atoms. The van der Waals surface area contributed by atoms with Crippen molar-refractivity contribution in [3.63, 3.8) is 0 Å². The van der Waals surface area contributed by atoms with Crippen LogP contribution in [0.15, 0.2) is 28.2 Å². The number of carbonyl (C=O) groups excluding carboxylic acids is 2. The molecule has 0 aromatic carbocycles. The van der Waals surface area contributed by atoms with Crippen LogP contribution in [0.25, 0.3) is 0 Å². The Balaban J connectivity index is 1.72. The topological polar surface area (TPSA) is 81.4 Å². The summed E-state index contributed by atoms with van der Waals surface area (Å²) in [6.45, 7) is 2.10. The summed E-state index contributed by atoms with van der Waals surface area (Å²) in [5.74, 6) is 1.34. The molecular formula is C14H16N2O4S2. The monoisotopic (exact) mass is 340 g/mol. The molecule has 6 nitrogen and oxygen atoms in total. The Hall–Kier alpha value is -1.80. The molecule has 0 radical (unpaired) electrons. The van der Waals surface area contributed by atoms with E-state index in [9.17, 15) is 9.59 Å². The van der Waals surface area contributed by atoms with E-state index in [1.165, 1.54) is 23.1 Å². The summed E-state index contributed by atoms with van der Waals surface area (Å²) >= 11 is 2.75. The first-order chi connectivity index (χ1) is 10.7. The molecule has 0 saturated carbocycles. The Labute approximate surface area is 136 Å². The van der Waals surface area contributed by atoms with Gasteiger partial charge in [-0.25, -0.2) is 4.98 Å². The molecule has 2 rings (SSSR count). The van der Waals surface area contributed by atoms with Gasteiger partial charge in [0.1, 0.15) is 5.76 Å². The van der Waals surface area contributed by atoms with E-state index in [1.54, 1.807) is 18.6 Å². The number of furan rings is 1. The van der Waals surface area contributed by atoms with Crippen molar-refractivity contribution in [1.29, 1.82) is 0 Å². The normalized spacial score (nSPS) is 10.4. The highest BCUT2D eigenvalue weighted by Crippen LogP contribution is 2.17. The minimum absolute atomic E-state index is 0.119. The van der Waals surface area contributed by atoms with Crippen molar-refractivity contribution in [3.05, 3.63) is 35.2 Å². The molecule has 0 spiro atoms. The van der Waals surface area contributed by atoms with E-state index in [0.717, 1.165) is 5.76 Å². The number of hydrogen-bond acceptors (Lipinski definition) is 7. The van der Waals surface area contributed by atoms with Gasteiger partial charge < -0.3 is 14.5 Å². The van der Waals surface area contributed by atoms with E-state index < -0.39 is 0 Å². The van der Waals surface area contributed by atoms with Gasteiger partial charge in [0.25, 0.3) is 0 Å². The number of amides is 1. The lowest BCUT2D eigenvalue weighted by molar-refractivity contribution is -0.142. The number of carbonyl (C=O) groups is 2. The van der Waals surface area contributed by atoms with Crippen LogP contribution in [0.4, 0.5) is 5.13 Å². The van der Waals surface area contributed by atoms with Crippen molar-refractivity contribution in [2.45, 2.75) is 19.1 Å². The fourth-order valence-electron chi connectivity index (χ4n) is 1.60. The van der Waals surface area contributed by atoms with Gasteiger partial charge in [-0.1, -0.05) is 0 Å². The fraction of sp³-hybridized carbons (Fsp3) is 0.357. The van der Waals surface area contributed by atoms with Gasteiger partial charge in [0.15, 0.2) is 5.13 Å². The predicted molar refractivity (Wildman–Crippen MR) is 86.0 cm³/mol. The van der Waals surface area contributed by atoms with Crippen LogP contribution in [0, 0.1) is 0 Å². The maximum atomic E-state index is 11.8. The average Bonchev–Trinajstić information content (AvgIpc) is 3.11. The minimum atomic E-state index is -0.320. The largest absolute Gasteiger partial charge is 0.468 e. The summed E-state index contributed by atoms with van der Waals surface area (Å²) in [6.07, 6.45) is 1.73. The van der Waals surface area contributed by atoms with E-state index in [0.29, 0.717) is 28.9 Å². The number of rotatable bonds is 8. The summed E-state index contributed by atoms with van der Waals surface area (Å²) in [6, 6.07) is 3.68. The number of nitrogens with zero attached hydrogens (tertiary/aromatic N) is 1. The Kier molecular flexibility index (Phi) is 6.47. The van der Waals surface area contributed by atoms with Gasteiger partial charge in [0, 0.05) is 5.38 Å². The number of anilines is 1. The Morgan fingerprint density at radius 1 is 1.50 bits per heavy atom. The maximum Gasteiger partial charge on any atom is 0.311 e. The highest BCUT2D eigenvalue weighted by atomic mass is 32.2. The van der Waals surface area contributed by atoms with Crippen LogP contribution < -0.4 is 5.32 Å². The summed E-state index contributed by atoms with van der Waals surface area (Å²) in [5.41, 5.74) is 0.599. The van der Waals surface area contributed by atoms with Gasteiger partial charge in [-0.3, -0.25) is 9.59 Å². The van der Waals surface area contributed by atoms with Crippen LogP contribution in [0.3, 0.4) is 0 Å². The molecule has 2 aromatic heterocycles. The molecule has 0 fully saturated rings. The van der Waals surface area contributed by atoms with Crippen molar-refractivity contribution in [3.8, 4) is 0 Å². The van der Waals surface area contributed by atoms with Crippen molar-refractivity contribution >= 4 is 40.1 Å². The number of ether oxygens (including phenoxy) is 1. The van der Waals surface area contributed by atoms with Crippen molar-refractivity contribution in [2.24, 2.45) is 0 Å². The van der Waals surface area contributed by atoms with E-state index in [-0.39, 0.29) is 18.3 Å². The molecule has 0 aliphatic carbocycles. The number of aromatic nitrogens is 1. The Bertz CT molecular complexity index is 610. The number of hydrogen-bond donors (Lipinski definition) is 1. The number of nitrogens with one attached hydrogen (secondary N) is 1. The van der Waals surface area contributed by atoms with E-state index in [4.69, 9.17) is 9.15 Å². The van der Waals surface area contributed by atoms with Crippen LogP contribution in [-0.2, 0) is 26.5 Å². The van der Waals surface area contributed by atoms with Gasteiger partial charge in [-0.05, 0) is 19.1 Å². The standard InChI is InChI=1S/C14H16N2O4S2/c1-2-19-13(18)6-10-7-22-14(15-10)16-12(17)9-21-8-11-4-3-5-20-11/h3-5,7H,2,6,8-9H2,1H3,(H,15,16,17). The van der Waals surface area contributed by atoms with Crippen molar-refractivity contribution < 1.29 is 18.7 Å². The second kappa shape index (κ2) is 8.60. The van der Waals surface area contributed by atoms with Gasteiger partial charge >= 0.3 is 5.97 Å². The molecule has 0 aliphatic heterocycles. The zero-order chi connectivity index (χ0) is 15.8. The molecule has 0 atom stereocenters. The molecule has 8 heteroatoms. The average molecular weight is 340 g/mol. The molecule has 0 unspecified atom stereocenters. The highest BCUT2D eigenvalue weighted by molar-refractivity contribution is 7.99. The molecule has 118 valence electrons. The van der Waals surface area contributed by atoms with E-state index in [2.05, 4.69) is 10.3 Å². The first kappa shape index (κ1) is 16.6. The fourth-order valence-corrected chi connectivity index (χ4v) is 3.05. The molecule has 1 amide bonds. The van der Waals surface area contributed by atoms with E-state index in [1.807, 2.05) is 12.1 Å². The lowest BCUT2D eigenvalue weighted by atomic mass is 10.3. The minimum Gasteiger partial charge on any atom is -0.468 e. The maximum absolute atomic E-state index is 11.8. The van der Waals surface area contributed by atoms with Crippen LogP contribution in [0.1, 0.15) is 18.4 Å². The second-order valence-corrected chi connectivity index (χ2v) is 6.09. The number of esters is 1. The summed E-state index contributed by atoms with van der Waals surface area (Å²) in [4.78, 5) is 27.3. The third-order valence-corrected chi connectivity index (χ3v) is 4.25. The second-order valence-electron chi connectivity index (χ2n) is 4.25. The summed E-state index contributed by atoms with van der Waals surface area (Å²) in [7, 11) is 0. The Morgan fingerprint density at radius 2 is 2.36 bits per heavy atom. The summed E-state index contributed by atoms with van der Waals surface area (Å²) < 4.78 is 10.0.